The lowest BCUT2D eigenvalue weighted by Gasteiger charge is -2.38. The van der Waals surface area contributed by atoms with E-state index in [0.29, 0.717) is 11.5 Å². The Morgan fingerprint density at radius 3 is 2.57 bits per heavy atom. The lowest BCUT2D eigenvalue weighted by atomic mass is 9.81. The lowest BCUT2D eigenvalue weighted by molar-refractivity contribution is 0.188. The zero-order valence-corrected chi connectivity index (χ0v) is 14.2. The predicted octanol–water partition coefficient (Wildman–Crippen LogP) is 4.32. The number of ether oxygens (including phenoxy) is 2. The first-order chi connectivity index (χ1) is 9.70. The first-order valence-electron chi connectivity index (χ1n) is 7.79. The number of hydrogen-bond acceptors (Lipinski definition) is 3. The Hall–Kier alpha value is -1.22. The van der Waals surface area contributed by atoms with E-state index in [4.69, 9.17) is 9.47 Å². The Kier molecular flexibility index (Phi) is 4.52. The van der Waals surface area contributed by atoms with Crippen LogP contribution in [0.1, 0.15) is 59.1 Å². The third-order valence-electron chi connectivity index (χ3n) is 3.79. The highest BCUT2D eigenvalue weighted by Crippen LogP contribution is 2.37. The van der Waals surface area contributed by atoms with Crippen molar-refractivity contribution in [2.75, 3.05) is 13.7 Å². The second-order valence-electron chi connectivity index (χ2n) is 7.86. The highest BCUT2D eigenvalue weighted by Gasteiger charge is 2.31. The number of fused-ring (bicyclic) bond motifs is 1. The summed E-state index contributed by atoms with van der Waals surface area (Å²) in [4.78, 5) is 0. The van der Waals surface area contributed by atoms with E-state index in [1.54, 1.807) is 7.11 Å². The quantitative estimate of drug-likeness (QED) is 0.896. The van der Waals surface area contributed by atoms with Crippen molar-refractivity contribution in [3.05, 3.63) is 23.8 Å². The van der Waals surface area contributed by atoms with E-state index >= 15 is 0 Å². The Morgan fingerprint density at radius 1 is 1.24 bits per heavy atom. The Bertz CT molecular complexity index is 488. The van der Waals surface area contributed by atoms with Gasteiger partial charge < -0.3 is 14.8 Å². The summed E-state index contributed by atoms with van der Waals surface area (Å²) >= 11 is 0. The van der Waals surface area contributed by atoms with E-state index in [-0.39, 0.29) is 5.54 Å². The summed E-state index contributed by atoms with van der Waals surface area (Å²) in [6.07, 6.45) is 2.12. The summed E-state index contributed by atoms with van der Waals surface area (Å²) in [6, 6.07) is 6.39. The lowest BCUT2D eigenvalue weighted by Crippen LogP contribution is -2.45. The van der Waals surface area contributed by atoms with Crippen LogP contribution in [0.15, 0.2) is 18.2 Å². The third-order valence-corrected chi connectivity index (χ3v) is 3.79. The molecule has 1 N–H and O–H groups in total. The molecule has 21 heavy (non-hydrogen) atoms. The summed E-state index contributed by atoms with van der Waals surface area (Å²) in [7, 11) is 1.71. The smallest absolute Gasteiger partial charge is 0.124 e. The van der Waals surface area contributed by atoms with Crippen LogP contribution in [-0.4, -0.2) is 19.3 Å². The van der Waals surface area contributed by atoms with Crippen molar-refractivity contribution in [3.63, 3.8) is 0 Å². The number of benzene rings is 1. The summed E-state index contributed by atoms with van der Waals surface area (Å²) in [5, 5.41) is 3.82. The van der Waals surface area contributed by atoms with Gasteiger partial charge in [-0.1, -0.05) is 20.8 Å². The molecule has 0 saturated heterocycles. The number of rotatable bonds is 4. The second-order valence-corrected chi connectivity index (χ2v) is 7.86. The monoisotopic (exact) mass is 291 g/mol. The highest BCUT2D eigenvalue weighted by molar-refractivity contribution is 5.43. The van der Waals surface area contributed by atoms with Crippen LogP contribution in [0, 0.1) is 5.41 Å². The molecule has 1 unspecified atom stereocenters. The van der Waals surface area contributed by atoms with Gasteiger partial charge in [0.15, 0.2) is 0 Å². The molecule has 118 valence electrons. The van der Waals surface area contributed by atoms with E-state index in [2.05, 4.69) is 46.0 Å². The largest absolute Gasteiger partial charge is 0.497 e. The molecule has 0 fully saturated rings. The maximum atomic E-state index is 5.77. The average molecular weight is 291 g/mol. The molecule has 1 atom stereocenters. The standard InChI is InChI=1S/C18H29NO2/c1-17(2,3)12-18(4,5)19-15-9-10-21-16-8-7-13(20-6)11-14(15)16/h7-8,11,15,19H,9-10,12H2,1-6H3. The van der Waals surface area contributed by atoms with Crippen molar-refractivity contribution in [1.29, 1.82) is 0 Å². The first kappa shape index (κ1) is 16.2. The van der Waals surface area contributed by atoms with Crippen molar-refractivity contribution in [2.24, 2.45) is 5.41 Å². The van der Waals surface area contributed by atoms with Gasteiger partial charge in [-0.3, -0.25) is 0 Å². The van der Waals surface area contributed by atoms with Gasteiger partial charge in [0.1, 0.15) is 11.5 Å². The fourth-order valence-electron chi connectivity index (χ4n) is 3.50. The Labute approximate surface area is 129 Å². The second kappa shape index (κ2) is 5.88. The molecule has 2 rings (SSSR count). The number of hydrogen-bond donors (Lipinski definition) is 1. The van der Waals surface area contributed by atoms with Gasteiger partial charge in [0.25, 0.3) is 0 Å². The van der Waals surface area contributed by atoms with Crippen molar-refractivity contribution in [1.82, 2.24) is 5.32 Å². The summed E-state index contributed by atoms with van der Waals surface area (Å²) < 4.78 is 11.1. The molecule has 1 aromatic carbocycles. The molecular formula is C18H29NO2. The molecule has 3 heteroatoms. The molecule has 0 aromatic heterocycles. The first-order valence-corrected chi connectivity index (χ1v) is 7.79. The van der Waals surface area contributed by atoms with Crippen molar-refractivity contribution in [2.45, 2.75) is 59.0 Å². The molecular weight excluding hydrogens is 262 g/mol. The molecule has 0 amide bonds. The maximum absolute atomic E-state index is 5.77. The molecule has 0 spiro atoms. The predicted molar refractivity (Wildman–Crippen MR) is 87.1 cm³/mol. The van der Waals surface area contributed by atoms with Gasteiger partial charge in [0.05, 0.1) is 13.7 Å². The normalized spacial score (nSPS) is 18.9. The van der Waals surface area contributed by atoms with E-state index in [9.17, 15) is 0 Å². The molecule has 1 aromatic rings. The topological polar surface area (TPSA) is 30.5 Å². The van der Waals surface area contributed by atoms with Crippen LogP contribution in [0.4, 0.5) is 0 Å². The third kappa shape index (κ3) is 4.37. The van der Waals surface area contributed by atoms with Crippen LogP contribution >= 0.6 is 0 Å². The fourth-order valence-corrected chi connectivity index (χ4v) is 3.50. The van der Waals surface area contributed by atoms with Gasteiger partial charge in [0.2, 0.25) is 0 Å². The minimum absolute atomic E-state index is 0.0839. The molecule has 1 heterocycles. The molecule has 0 radical (unpaired) electrons. The van der Waals surface area contributed by atoms with Crippen LogP contribution in [0.5, 0.6) is 11.5 Å². The van der Waals surface area contributed by atoms with Gasteiger partial charge in [0, 0.05) is 23.6 Å². The molecule has 1 aliphatic rings. The van der Waals surface area contributed by atoms with Crippen molar-refractivity contribution >= 4 is 0 Å². The van der Waals surface area contributed by atoms with Gasteiger partial charge in [-0.15, -0.1) is 0 Å². The summed E-state index contributed by atoms with van der Waals surface area (Å²) in [6.45, 7) is 12.2. The van der Waals surface area contributed by atoms with Crippen LogP contribution in [-0.2, 0) is 0 Å². The summed E-state index contributed by atoms with van der Waals surface area (Å²) in [5.41, 5.74) is 1.60. The SMILES string of the molecule is COc1ccc2c(c1)C(NC(C)(C)CC(C)(C)C)CCO2. The minimum atomic E-state index is 0.0839. The van der Waals surface area contributed by atoms with E-state index < -0.39 is 0 Å². The molecule has 0 aliphatic carbocycles. The average Bonchev–Trinajstić information content (AvgIpc) is 2.35. The van der Waals surface area contributed by atoms with Gasteiger partial charge in [-0.2, -0.15) is 0 Å². The summed E-state index contributed by atoms with van der Waals surface area (Å²) in [5.74, 6) is 1.87. The number of methoxy groups -OCH3 is 1. The van der Waals surface area contributed by atoms with Crippen LogP contribution in [0.3, 0.4) is 0 Å². The number of nitrogens with one attached hydrogen (secondary N) is 1. The van der Waals surface area contributed by atoms with Gasteiger partial charge in [-0.25, -0.2) is 0 Å². The van der Waals surface area contributed by atoms with Gasteiger partial charge >= 0.3 is 0 Å². The van der Waals surface area contributed by atoms with Crippen molar-refractivity contribution < 1.29 is 9.47 Å². The minimum Gasteiger partial charge on any atom is -0.497 e. The van der Waals surface area contributed by atoms with Crippen LogP contribution in [0.25, 0.3) is 0 Å². The zero-order chi connectivity index (χ0) is 15.7. The van der Waals surface area contributed by atoms with E-state index in [0.717, 1.165) is 30.9 Å². The molecule has 1 aliphatic heterocycles. The fraction of sp³-hybridized carbons (Fsp3) is 0.667. The van der Waals surface area contributed by atoms with E-state index in [1.165, 1.54) is 5.56 Å². The van der Waals surface area contributed by atoms with Crippen LogP contribution in [0.2, 0.25) is 0 Å². The molecule has 0 saturated carbocycles. The zero-order valence-electron chi connectivity index (χ0n) is 14.2. The van der Waals surface area contributed by atoms with E-state index in [1.807, 2.05) is 12.1 Å². The Morgan fingerprint density at radius 2 is 1.95 bits per heavy atom. The van der Waals surface area contributed by atoms with Crippen LogP contribution < -0.4 is 14.8 Å². The highest BCUT2D eigenvalue weighted by atomic mass is 16.5. The Balaban J connectivity index is 2.19. The van der Waals surface area contributed by atoms with Gasteiger partial charge in [-0.05, 0) is 43.9 Å². The molecule has 3 nitrogen and oxygen atoms in total. The molecule has 0 bridgehead atoms. The maximum Gasteiger partial charge on any atom is 0.124 e. The van der Waals surface area contributed by atoms with Crippen molar-refractivity contribution in [3.8, 4) is 11.5 Å².